The minimum absolute atomic E-state index is 0.0737. The van der Waals surface area contributed by atoms with Gasteiger partial charge < -0.3 is 15.0 Å². The lowest BCUT2D eigenvalue weighted by molar-refractivity contribution is 0.111. The van der Waals surface area contributed by atoms with Crippen molar-refractivity contribution in [2.75, 3.05) is 25.5 Å². The Morgan fingerprint density at radius 3 is 2.92 bits per heavy atom. The zero-order valence-corrected chi connectivity index (χ0v) is 15.6. The summed E-state index contributed by atoms with van der Waals surface area (Å²) < 4.78 is 5.33. The number of amides is 2. The third-order valence-corrected chi connectivity index (χ3v) is 5.56. The highest BCUT2D eigenvalue weighted by Crippen LogP contribution is 2.30. The molecule has 4 nitrogen and oxygen atoms in total. The number of hydrogen-bond acceptors (Lipinski definition) is 3. The van der Waals surface area contributed by atoms with E-state index in [1.54, 1.807) is 23.8 Å². The summed E-state index contributed by atoms with van der Waals surface area (Å²) in [5.74, 6) is 0.795. The number of methoxy groups -OCH3 is 1. The van der Waals surface area contributed by atoms with Crippen molar-refractivity contribution in [2.45, 2.75) is 23.2 Å². The first-order valence-corrected chi connectivity index (χ1v) is 9.57. The molecule has 0 spiro atoms. The van der Waals surface area contributed by atoms with Gasteiger partial charge in [-0.25, -0.2) is 4.79 Å². The number of nitrogens with one attached hydrogen (secondary N) is 1. The summed E-state index contributed by atoms with van der Waals surface area (Å²) in [6.07, 6.45) is 1.02. The van der Waals surface area contributed by atoms with Crippen molar-refractivity contribution >= 4 is 35.1 Å². The van der Waals surface area contributed by atoms with Crippen molar-refractivity contribution in [2.24, 2.45) is 0 Å². The van der Waals surface area contributed by atoms with Crippen LogP contribution in [0.3, 0.4) is 0 Å². The number of benzene rings is 2. The Morgan fingerprint density at radius 1 is 1.32 bits per heavy atom. The topological polar surface area (TPSA) is 41.6 Å². The Kier molecular flexibility index (Phi) is 6.24. The van der Waals surface area contributed by atoms with Gasteiger partial charge in [0.2, 0.25) is 0 Å². The fourth-order valence-corrected chi connectivity index (χ4v) is 3.95. The molecule has 1 aliphatic rings. The molecule has 1 aliphatic heterocycles. The van der Waals surface area contributed by atoms with Gasteiger partial charge in [0.1, 0.15) is 0 Å². The minimum atomic E-state index is -0.0737. The summed E-state index contributed by atoms with van der Waals surface area (Å²) in [7, 11) is 1.69. The molecule has 6 heteroatoms. The number of para-hydroxylation sites is 1. The molecule has 1 N–H and O–H groups in total. The zero-order valence-electron chi connectivity index (χ0n) is 14.1. The Hall–Kier alpha value is -1.69. The number of urea groups is 1. The van der Waals surface area contributed by atoms with Crippen LogP contribution >= 0.6 is 23.4 Å². The minimum Gasteiger partial charge on any atom is -0.380 e. The van der Waals surface area contributed by atoms with Crippen molar-refractivity contribution in [1.82, 2.24) is 4.90 Å². The molecule has 2 amide bonds. The summed E-state index contributed by atoms with van der Waals surface area (Å²) in [5, 5.41) is 3.77. The Morgan fingerprint density at radius 2 is 2.16 bits per heavy atom. The maximum Gasteiger partial charge on any atom is 0.321 e. The molecule has 2 aromatic rings. The van der Waals surface area contributed by atoms with Gasteiger partial charge in [0.15, 0.2) is 0 Å². The number of hydrogen-bond donors (Lipinski definition) is 1. The molecular weight excluding hydrogens is 356 g/mol. The number of halogens is 1. The summed E-state index contributed by atoms with van der Waals surface area (Å²) >= 11 is 7.72. The highest BCUT2D eigenvalue weighted by molar-refractivity contribution is 7.98. The summed E-state index contributed by atoms with van der Waals surface area (Å²) in [6, 6.07) is 15.6. The first-order chi connectivity index (χ1) is 12.2. The summed E-state index contributed by atoms with van der Waals surface area (Å²) in [5.41, 5.74) is 1.99. The summed E-state index contributed by atoms with van der Waals surface area (Å²) in [4.78, 5) is 15.3. The van der Waals surface area contributed by atoms with Crippen LogP contribution in [0.5, 0.6) is 0 Å². The van der Waals surface area contributed by atoms with Crippen LogP contribution in [0.4, 0.5) is 10.5 Å². The first-order valence-electron chi connectivity index (χ1n) is 8.20. The number of thioether (sulfide) groups is 1. The predicted molar refractivity (Wildman–Crippen MR) is 103 cm³/mol. The number of likely N-dealkylation sites (tertiary alicyclic amines) is 1. The number of carbonyl (C=O) groups is 1. The third-order valence-electron chi connectivity index (χ3n) is 4.18. The molecule has 0 aliphatic carbocycles. The molecule has 1 fully saturated rings. The third kappa shape index (κ3) is 4.91. The molecule has 0 radical (unpaired) electrons. The van der Waals surface area contributed by atoms with E-state index in [4.69, 9.17) is 16.3 Å². The number of ether oxygens (including phenoxy) is 1. The van der Waals surface area contributed by atoms with E-state index < -0.39 is 0 Å². The predicted octanol–water partition coefficient (Wildman–Crippen LogP) is 4.88. The molecule has 3 rings (SSSR count). The lowest BCUT2D eigenvalue weighted by Gasteiger charge is -2.18. The van der Waals surface area contributed by atoms with E-state index in [0.717, 1.165) is 39.9 Å². The second-order valence-corrected chi connectivity index (χ2v) is 7.39. The lowest BCUT2D eigenvalue weighted by atomic mass is 10.2. The van der Waals surface area contributed by atoms with Crippen LogP contribution in [-0.2, 0) is 10.5 Å². The average Bonchev–Trinajstić information content (AvgIpc) is 3.10. The monoisotopic (exact) mass is 376 g/mol. The smallest absolute Gasteiger partial charge is 0.321 e. The van der Waals surface area contributed by atoms with Gasteiger partial charge in [-0.05, 0) is 36.2 Å². The maximum absolute atomic E-state index is 12.5. The SMILES string of the molecule is CO[C@H]1CCN(C(=O)Nc2ccccc2SCc2cccc(Cl)c2)C1. The van der Waals surface area contributed by atoms with E-state index in [2.05, 4.69) is 11.4 Å². The van der Waals surface area contributed by atoms with Gasteiger partial charge in [-0.3, -0.25) is 0 Å². The molecule has 0 bridgehead atoms. The lowest BCUT2D eigenvalue weighted by Crippen LogP contribution is -2.34. The van der Waals surface area contributed by atoms with Crippen molar-refractivity contribution in [3.8, 4) is 0 Å². The molecule has 1 atom stereocenters. The molecule has 25 heavy (non-hydrogen) atoms. The number of nitrogens with zero attached hydrogens (tertiary/aromatic N) is 1. The Bertz CT molecular complexity index is 741. The highest BCUT2D eigenvalue weighted by atomic mass is 35.5. The average molecular weight is 377 g/mol. The first kappa shape index (κ1) is 18.1. The molecule has 0 aromatic heterocycles. The van der Waals surface area contributed by atoms with E-state index in [1.807, 2.05) is 42.5 Å². The van der Waals surface area contributed by atoms with Crippen LogP contribution in [0.2, 0.25) is 5.02 Å². The van der Waals surface area contributed by atoms with E-state index >= 15 is 0 Å². The van der Waals surface area contributed by atoms with Gasteiger partial charge in [-0.1, -0.05) is 35.9 Å². The molecule has 1 heterocycles. The standard InChI is InChI=1S/C19H21ClN2O2S/c1-24-16-9-10-22(12-16)19(23)21-17-7-2-3-8-18(17)25-13-14-5-4-6-15(20)11-14/h2-8,11,16H,9-10,12-13H2,1H3,(H,21,23)/t16-/m0/s1. The molecule has 132 valence electrons. The molecule has 1 saturated heterocycles. The Labute approximate surface area is 157 Å². The van der Waals surface area contributed by atoms with Gasteiger partial charge in [-0.15, -0.1) is 11.8 Å². The zero-order chi connectivity index (χ0) is 17.6. The molecule has 0 unspecified atom stereocenters. The van der Waals surface area contributed by atoms with E-state index in [9.17, 15) is 4.79 Å². The van der Waals surface area contributed by atoms with Crippen LogP contribution in [-0.4, -0.2) is 37.2 Å². The van der Waals surface area contributed by atoms with Gasteiger partial charge >= 0.3 is 6.03 Å². The van der Waals surface area contributed by atoms with Crippen LogP contribution in [0.25, 0.3) is 0 Å². The largest absolute Gasteiger partial charge is 0.380 e. The van der Waals surface area contributed by atoms with Gasteiger partial charge in [0.05, 0.1) is 11.8 Å². The van der Waals surface area contributed by atoms with Crippen LogP contribution in [0.15, 0.2) is 53.4 Å². The quantitative estimate of drug-likeness (QED) is 0.756. The van der Waals surface area contributed by atoms with Gasteiger partial charge in [-0.2, -0.15) is 0 Å². The number of anilines is 1. The van der Waals surface area contributed by atoms with Crippen molar-refractivity contribution in [3.05, 3.63) is 59.1 Å². The van der Waals surface area contributed by atoms with Gasteiger partial charge in [0.25, 0.3) is 0 Å². The summed E-state index contributed by atoms with van der Waals surface area (Å²) in [6.45, 7) is 1.36. The molecule has 0 saturated carbocycles. The van der Waals surface area contributed by atoms with E-state index in [-0.39, 0.29) is 12.1 Å². The van der Waals surface area contributed by atoms with Crippen molar-refractivity contribution in [3.63, 3.8) is 0 Å². The van der Waals surface area contributed by atoms with Crippen molar-refractivity contribution < 1.29 is 9.53 Å². The van der Waals surface area contributed by atoms with Crippen LogP contribution in [0, 0.1) is 0 Å². The highest BCUT2D eigenvalue weighted by Gasteiger charge is 2.26. The molecular formula is C19H21ClN2O2S. The number of rotatable bonds is 5. The van der Waals surface area contributed by atoms with Crippen LogP contribution < -0.4 is 5.32 Å². The molecule has 2 aromatic carbocycles. The second-order valence-electron chi connectivity index (χ2n) is 5.94. The second kappa shape index (κ2) is 8.61. The van der Waals surface area contributed by atoms with Gasteiger partial charge in [0, 0.05) is 35.9 Å². The fraction of sp³-hybridized carbons (Fsp3) is 0.316. The van der Waals surface area contributed by atoms with E-state index in [0.29, 0.717) is 6.54 Å². The fourth-order valence-electron chi connectivity index (χ4n) is 2.78. The maximum atomic E-state index is 12.5. The van der Waals surface area contributed by atoms with Crippen LogP contribution in [0.1, 0.15) is 12.0 Å². The number of carbonyl (C=O) groups excluding carboxylic acids is 1. The Balaban J connectivity index is 1.63. The normalized spacial score (nSPS) is 16.9. The van der Waals surface area contributed by atoms with Crippen molar-refractivity contribution in [1.29, 1.82) is 0 Å². The van der Waals surface area contributed by atoms with E-state index in [1.165, 1.54) is 0 Å².